The van der Waals surface area contributed by atoms with E-state index >= 15 is 0 Å². The number of benzene rings is 1. The first-order chi connectivity index (χ1) is 10.4. The quantitative estimate of drug-likeness (QED) is 0.835. The third-order valence-electron chi connectivity index (χ3n) is 2.92. The number of carbonyl (C=O) groups excluding carboxylic acids is 1. The maximum atomic E-state index is 12.6. The van der Waals surface area contributed by atoms with Gasteiger partial charge in [0.2, 0.25) is 0 Å². The van der Waals surface area contributed by atoms with Gasteiger partial charge in [-0.25, -0.2) is 0 Å². The molecule has 0 aliphatic rings. The molecule has 0 bridgehead atoms. The molecule has 0 radical (unpaired) electrons. The largest absolute Gasteiger partial charge is 0.484 e. The molecule has 0 saturated heterocycles. The van der Waals surface area contributed by atoms with Crippen LogP contribution in [0.25, 0.3) is 0 Å². The zero-order valence-electron chi connectivity index (χ0n) is 11.8. The van der Waals surface area contributed by atoms with Crippen LogP contribution in [0.15, 0.2) is 41.8 Å². The number of ether oxygens (including phenoxy) is 1. The molecule has 0 unspecified atom stereocenters. The number of likely N-dealkylation sites (N-methyl/N-ethyl adjacent to an activating group) is 1. The molecule has 0 saturated carbocycles. The van der Waals surface area contributed by atoms with Crippen molar-refractivity contribution in [2.75, 3.05) is 13.7 Å². The number of amides is 1. The van der Waals surface area contributed by atoms with Crippen LogP contribution in [0.4, 0.5) is 13.2 Å². The van der Waals surface area contributed by atoms with E-state index in [0.717, 1.165) is 17.0 Å². The average molecular weight is 329 g/mol. The Balaban J connectivity index is 1.91. The molecule has 7 heteroatoms. The van der Waals surface area contributed by atoms with Crippen molar-refractivity contribution in [3.8, 4) is 5.75 Å². The van der Waals surface area contributed by atoms with E-state index in [9.17, 15) is 18.0 Å². The third kappa shape index (κ3) is 4.49. The van der Waals surface area contributed by atoms with Crippen molar-refractivity contribution >= 4 is 17.2 Å². The Labute approximate surface area is 129 Å². The molecule has 1 heterocycles. The minimum atomic E-state index is -4.43. The van der Waals surface area contributed by atoms with Crippen LogP contribution in [-0.4, -0.2) is 24.5 Å². The van der Waals surface area contributed by atoms with Gasteiger partial charge < -0.3 is 9.64 Å². The Morgan fingerprint density at radius 1 is 1.27 bits per heavy atom. The molecular weight excluding hydrogens is 315 g/mol. The van der Waals surface area contributed by atoms with Crippen LogP contribution in [0.2, 0.25) is 0 Å². The maximum absolute atomic E-state index is 12.6. The highest BCUT2D eigenvalue weighted by Crippen LogP contribution is 2.31. The van der Waals surface area contributed by atoms with Gasteiger partial charge in [0.1, 0.15) is 5.75 Å². The van der Waals surface area contributed by atoms with Gasteiger partial charge in [-0.15, -0.1) is 11.3 Å². The first kappa shape index (κ1) is 16.4. The molecule has 0 spiro atoms. The Bertz CT molecular complexity index is 626. The first-order valence-electron chi connectivity index (χ1n) is 6.42. The normalized spacial score (nSPS) is 11.3. The molecule has 0 atom stereocenters. The minimum Gasteiger partial charge on any atom is -0.484 e. The van der Waals surface area contributed by atoms with Gasteiger partial charge in [-0.2, -0.15) is 13.2 Å². The summed E-state index contributed by atoms with van der Waals surface area (Å²) in [5, 5.41) is 1.91. The summed E-state index contributed by atoms with van der Waals surface area (Å²) in [5.41, 5.74) is -0.801. The van der Waals surface area contributed by atoms with Gasteiger partial charge in [-0.3, -0.25) is 4.79 Å². The highest BCUT2D eigenvalue weighted by molar-refractivity contribution is 7.09. The number of rotatable bonds is 5. The summed E-state index contributed by atoms with van der Waals surface area (Å²) in [6.45, 7) is 0.144. The highest BCUT2D eigenvalue weighted by Gasteiger charge is 2.30. The van der Waals surface area contributed by atoms with E-state index in [2.05, 4.69) is 0 Å². The standard InChI is InChI=1S/C15H14F3NO2S/c1-19(9-13-6-3-7-22-13)14(20)10-21-12-5-2-4-11(8-12)15(16,17)18/h2-8H,9-10H2,1H3. The van der Waals surface area contributed by atoms with Crippen molar-refractivity contribution in [3.63, 3.8) is 0 Å². The van der Waals surface area contributed by atoms with Gasteiger partial charge in [0, 0.05) is 11.9 Å². The topological polar surface area (TPSA) is 29.5 Å². The molecule has 0 fully saturated rings. The SMILES string of the molecule is CN(Cc1cccs1)C(=O)COc1cccc(C(F)(F)F)c1. The van der Waals surface area contributed by atoms with Gasteiger partial charge in [0.15, 0.2) is 6.61 Å². The van der Waals surface area contributed by atoms with E-state index < -0.39 is 11.7 Å². The number of nitrogens with zero attached hydrogens (tertiary/aromatic N) is 1. The summed E-state index contributed by atoms with van der Waals surface area (Å²) in [4.78, 5) is 14.4. The Morgan fingerprint density at radius 2 is 2.05 bits per heavy atom. The van der Waals surface area contributed by atoms with Crippen molar-refractivity contribution in [1.29, 1.82) is 0 Å². The van der Waals surface area contributed by atoms with Crippen LogP contribution in [0, 0.1) is 0 Å². The van der Waals surface area contributed by atoms with Crippen molar-refractivity contribution < 1.29 is 22.7 Å². The van der Waals surface area contributed by atoms with Crippen molar-refractivity contribution in [2.24, 2.45) is 0 Å². The van der Waals surface area contributed by atoms with Crippen LogP contribution in [0.1, 0.15) is 10.4 Å². The Kier molecular flexibility index (Phi) is 5.07. The second-order valence-corrected chi connectivity index (χ2v) is 5.68. The molecular formula is C15H14F3NO2S. The van der Waals surface area contributed by atoms with Gasteiger partial charge in [-0.1, -0.05) is 12.1 Å². The van der Waals surface area contributed by atoms with E-state index in [1.165, 1.54) is 28.4 Å². The maximum Gasteiger partial charge on any atom is 0.416 e. The van der Waals surface area contributed by atoms with Crippen molar-refractivity contribution in [2.45, 2.75) is 12.7 Å². The molecule has 0 N–H and O–H groups in total. The molecule has 0 aliphatic heterocycles. The fourth-order valence-corrected chi connectivity index (χ4v) is 2.50. The fourth-order valence-electron chi connectivity index (χ4n) is 1.74. The van der Waals surface area contributed by atoms with E-state index in [-0.39, 0.29) is 18.3 Å². The smallest absolute Gasteiger partial charge is 0.416 e. The van der Waals surface area contributed by atoms with Crippen molar-refractivity contribution in [1.82, 2.24) is 4.90 Å². The van der Waals surface area contributed by atoms with Gasteiger partial charge in [0.25, 0.3) is 5.91 Å². The number of carbonyl (C=O) groups is 1. The Morgan fingerprint density at radius 3 is 2.68 bits per heavy atom. The fraction of sp³-hybridized carbons (Fsp3) is 0.267. The molecule has 2 rings (SSSR count). The van der Waals surface area contributed by atoms with E-state index in [1.807, 2.05) is 17.5 Å². The lowest BCUT2D eigenvalue weighted by atomic mass is 10.2. The molecule has 2 aromatic rings. The molecule has 0 aliphatic carbocycles. The van der Waals surface area contributed by atoms with Crippen LogP contribution in [0.3, 0.4) is 0 Å². The van der Waals surface area contributed by atoms with Gasteiger partial charge in [0.05, 0.1) is 12.1 Å². The van der Waals surface area contributed by atoms with E-state index in [0.29, 0.717) is 6.54 Å². The summed E-state index contributed by atoms with van der Waals surface area (Å²) < 4.78 is 42.9. The minimum absolute atomic E-state index is 0.0210. The lowest BCUT2D eigenvalue weighted by molar-refractivity contribution is -0.137. The number of hydrogen-bond donors (Lipinski definition) is 0. The lowest BCUT2D eigenvalue weighted by Gasteiger charge is -2.17. The summed E-state index contributed by atoms with van der Waals surface area (Å²) in [7, 11) is 1.62. The number of hydrogen-bond acceptors (Lipinski definition) is 3. The second-order valence-electron chi connectivity index (χ2n) is 4.64. The second kappa shape index (κ2) is 6.83. The lowest BCUT2D eigenvalue weighted by Crippen LogP contribution is -2.30. The summed E-state index contributed by atoms with van der Waals surface area (Å²) in [6.07, 6.45) is -4.43. The summed E-state index contributed by atoms with van der Waals surface area (Å²) in [5.74, 6) is -0.279. The van der Waals surface area contributed by atoms with E-state index in [1.54, 1.807) is 7.05 Å². The molecule has 22 heavy (non-hydrogen) atoms. The van der Waals surface area contributed by atoms with Crippen LogP contribution in [0.5, 0.6) is 5.75 Å². The Hall–Kier alpha value is -2.02. The number of halogens is 3. The summed E-state index contributed by atoms with van der Waals surface area (Å²) in [6, 6.07) is 8.27. The van der Waals surface area contributed by atoms with Gasteiger partial charge in [-0.05, 0) is 29.6 Å². The predicted molar refractivity (Wildman–Crippen MR) is 77.7 cm³/mol. The van der Waals surface area contributed by atoms with Crippen molar-refractivity contribution in [3.05, 3.63) is 52.2 Å². The number of alkyl halides is 3. The zero-order chi connectivity index (χ0) is 16.2. The highest BCUT2D eigenvalue weighted by atomic mass is 32.1. The van der Waals surface area contributed by atoms with Crippen LogP contribution < -0.4 is 4.74 Å². The molecule has 1 aromatic heterocycles. The number of thiophene rings is 1. The van der Waals surface area contributed by atoms with Crippen LogP contribution >= 0.6 is 11.3 Å². The van der Waals surface area contributed by atoms with Crippen LogP contribution in [-0.2, 0) is 17.5 Å². The van der Waals surface area contributed by atoms with E-state index in [4.69, 9.17) is 4.74 Å². The summed E-state index contributed by atoms with van der Waals surface area (Å²) >= 11 is 1.53. The molecule has 1 amide bonds. The average Bonchev–Trinajstić information content (AvgIpc) is 2.97. The third-order valence-corrected chi connectivity index (χ3v) is 3.78. The monoisotopic (exact) mass is 329 g/mol. The first-order valence-corrected chi connectivity index (χ1v) is 7.30. The molecule has 118 valence electrons. The molecule has 3 nitrogen and oxygen atoms in total. The predicted octanol–water partition coefficient (Wildman–Crippen LogP) is 3.80. The zero-order valence-corrected chi connectivity index (χ0v) is 12.6. The van der Waals surface area contributed by atoms with Gasteiger partial charge >= 0.3 is 6.18 Å². The molecule has 1 aromatic carbocycles.